The van der Waals surface area contributed by atoms with E-state index < -0.39 is 12.0 Å². The van der Waals surface area contributed by atoms with Gasteiger partial charge in [0.2, 0.25) is 0 Å². The van der Waals surface area contributed by atoms with Crippen LogP contribution in [0.2, 0.25) is 0 Å². The van der Waals surface area contributed by atoms with Crippen LogP contribution >= 0.6 is 0 Å². The van der Waals surface area contributed by atoms with Crippen molar-refractivity contribution in [1.82, 2.24) is 0 Å². The number of rotatable bonds is 7. The lowest BCUT2D eigenvalue weighted by molar-refractivity contribution is -0.358. The fourth-order valence-corrected chi connectivity index (χ4v) is 4.73. The molecule has 0 spiro atoms. The molecule has 0 aromatic heterocycles. The lowest BCUT2D eigenvalue weighted by Crippen LogP contribution is -2.44. The molecular weight excluding hydrogens is 361 g/mol. The first-order valence-corrected chi connectivity index (χ1v) is 10.6. The average Bonchev–Trinajstić information content (AvgIpc) is 2.69. The predicted molar refractivity (Wildman–Crippen MR) is 107 cm³/mol. The number of allylic oxidation sites excluding steroid dienone is 2. The van der Waals surface area contributed by atoms with Crippen LogP contribution in [0.25, 0.3) is 0 Å². The molecule has 2 aliphatic carbocycles. The second-order valence-corrected chi connectivity index (χ2v) is 8.27. The number of ether oxygens (including phenoxy) is 1. The van der Waals surface area contributed by atoms with Gasteiger partial charge in [0.15, 0.2) is 0 Å². The lowest BCUT2D eigenvalue weighted by atomic mass is 9.70. The summed E-state index contributed by atoms with van der Waals surface area (Å²) < 4.78 is 44.5. The van der Waals surface area contributed by atoms with Gasteiger partial charge in [-0.25, -0.2) is 0 Å². The summed E-state index contributed by atoms with van der Waals surface area (Å²) in [6.07, 6.45) is 10.9. The highest BCUT2D eigenvalue weighted by Crippen LogP contribution is 2.45. The van der Waals surface area contributed by atoms with Crippen molar-refractivity contribution in [2.24, 2.45) is 11.8 Å². The molecule has 0 atom stereocenters. The molecule has 1 aromatic carbocycles. The Balaban J connectivity index is 1.70. The van der Waals surface area contributed by atoms with E-state index in [1.807, 2.05) is 42.5 Å². The summed E-state index contributed by atoms with van der Waals surface area (Å²) in [7, 11) is 0. The zero-order valence-corrected chi connectivity index (χ0v) is 16.6. The molecule has 0 aliphatic heterocycles. The van der Waals surface area contributed by atoms with Crippen LogP contribution in [0.5, 0.6) is 0 Å². The van der Waals surface area contributed by atoms with Gasteiger partial charge in [0.05, 0.1) is 0 Å². The Kier molecular flexibility index (Phi) is 7.03. The van der Waals surface area contributed by atoms with E-state index in [1.165, 1.54) is 25.7 Å². The van der Waals surface area contributed by atoms with E-state index in [0.717, 1.165) is 31.2 Å². The third-order valence-corrected chi connectivity index (χ3v) is 6.31. The highest BCUT2D eigenvalue weighted by atomic mass is 19.4. The molecule has 154 valence electrons. The number of alkyl halides is 3. The fraction of sp³-hybridized carbons (Fsp3) is 0.583. The van der Waals surface area contributed by atoms with E-state index in [4.69, 9.17) is 4.74 Å². The van der Waals surface area contributed by atoms with Crippen molar-refractivity contribution in [1.29, 1.82) is 0 Å². The summed E-state index contributed by atoms with van der Waals surface area (Å²) in [6.45, 7) is 2.19. The quantitative estimate of drug-likeness (QED) is 0.344. The second kappa shape index (κ2) is 9.30. The van der Waals surface area contributed by atoms with Gasteiger partial charge in [0.25, 0.3) is 0 Å². The highest BCUT2D eigenvalue weighted by molar-refractivity contribution is 5.36. The van der Waals surface area contributed by atoms with Crippen LogP contribution in [-0.4, -0.2) is 12.0 Å². The van der Waals surface area contributed by atoms with E-state index >= 15 is 0 Å². The van der Waals surface area contributed by atoms with Crippen LogP contribution in [0, 0.1) is 11.8 Å². The van der Waals surface area contributed by atoms with Crippen LogP contribution in [0.3, 0.4) is 0 Å². The standard InChI is InChI=1S/C24H31F3O/c1-2-3-5-8-19-11-13-22(14-12-19)23(28-24(25,26)27)17-15-21(16-18-23)20-9-6-4-7-10-20/h4,6-7,9-10,15-19,21-22H,2-3,5,8,11-14H2,1H3/t19-,21?,22-,23?. The lowest BCUT2D eigenvalue weighted by Gasteiger charge is -2.42. The molecule has 1 fully saturated rings. The Morgan fingerprint density at radius 1 is 0.964 bits per heavy atom. The molecule has 0 unspecified atom stereocenters. The first-order chi connectivity index (χ1) is 13.4. The second-order valence-electron chi connectivity index (χ2n) is 8.27. The molecular formula is C24H31F3O. The van der Waals surface area contributed by atoms with Gasteiger partial charge in [0.1, 0.15) is 5.60 Å². The molecule has 1 aromatic rings. The molecule has 0 saturated heterocycles. The third kappa shape index (κ3) is 5.50. The van der Waals surface area contributed by atoms with Gasteiger partial charge >= 0.3 is 6.36 Å². The SMILES string of the molecule is CCCCC[C@H]1CC[C@H](C2(OC(F)(F)F)C=CC(c3ccccc3)C=C2)CC1. The Labute approximate surface area is 166 Å². The van der Waals surface area contributed by atoms with E-state index in [9.17, 15) is 13.2 Å². The Bertz CT molecular complexity index is 640. The summed E-state index contributed by atoms with van der Waals surface area (Å²) in [5.41, 5.74) is -0.284. The van der Waals surface area contributed by atoms with Gasteiger partial charge in [-0.3, -0.25) is 4.74 Å². The van der Waals surface area contributed by atoms with E-state index in [1.54, 1.807) is 12.2 Å². The van der Waals surface area contributed by atoms with Gasteiger partial charge in [-0.15, -0.1) is 13.2 Å². The van der Waals surface area contributed by atoms with Crippen molar-refractivity contribution in [2.45, 2.75) is 76.2 Å². The van der Waals surface area contributed by atoms with Crippen LogP contribution in [0.4, 0.5) is 13.2 Å². The predicted octanol–water partition coefficient (Wildman–Crippen LogP) is 7.56. The molecule has 0 bridgehead atoms. The minimum atomic E-state index is -4.65. The average molecular weight is 393 g/mol. The molecule has 0 N–H and O–H groups in total. The molecule has 1 saturated carbocycles. The number of hydrogen-bond donors (Lipinski definition) is 0. The van der Waals surface area contributed by atoms with Crippen molar-refractivity contribution in [3.05, 3.63) is 60.2 Å². The highest BCUT2D eigenvalue weighted by Gasteiger charge is 2.47. The van der Waals surface area contributed by atoms with Gasteiger partial charge in [-0.05, 0) is 30.2 Å². The van der Waals surface area contributed by atoms with Crippen molar-refractivity contribution >= 4 is 0 Å². The molecule has 0 radical (unpaired) electrons. The summed E-state index contributed by atoms with van der Waals surface area (Å²) >= 11 is 0. The molecule has 0 amide bonds. The zero-order valence-electron chi connectivity index (χ0n) is 16.6. The molecule has 1 nitrogen and oxygen atoms in total. The molecule has 4 heteroatoms. The topological polar surface area (TPSA) is 9.23 Å². The first-order valence-electron chi connectivity index (χ1n) is 10.6. The maximum Gasteiger partial charge on any atom is 0.523 e. The first kappa shape index (κ1) is 21.2. The van der Waals surface area contributed by atoms with Gasteiger partial charge in [-0.2, -0.15) is 0 Å². The Hall–Kier alpha value is -1.55. The maximum absolute atomic E-state index is 13.3. The number of hydrogen-bond acceptors (Lipinski definition) is 1. The molecule has 2 aliphatic rings. The molecule has 0 heterocycles. The summed E-state index contributed by atoms with van der Waals surface area (Å²) in [6, 6.07) is 9.84. The van der Waals surface area contributed by atoms with Crippen LogP contribution < -0.4 is 0 Å². The smallest absolute Gasteiger partial charge is 0.276 e. The minimum Gasteiger partial charge on any atom is -0.276 e. The van der Waals surface area contributed by atoms with E-state index in [2.05, 4.69) is 6.92 Å². The zero-order chi connectivity index (χ0) is 20.0. The van der Waals surface area contributed by atoms with Gasteiger partial charge < -0.3 is 0 Å². The van der Waals surface area contributed by atoms with Crippen LogP contribution in [0.1, 0.15) is 69.8 Å². The maximum atomic E-state index is 13.3. The summed E-state index contributed by atoms with van der Waals surface area (Å²) in [5.74, 6) is 0.525. The van der Waals surface area contributed by atoms with Crippen molar-refractivity contribution in [2.75, 3.05) is 0 Å². The van der Waals surface area contributed by atoms with Crippen molar-refractivity contribution in [3.63, 3.8) is 0 Å². The van der Waals surface area contributed by atoms with E-state index in [0.29, 0.717) is 5.92 Å². The van der Waals surface area contributed by atoms with Gasteiger partial charge in [-0.1, -0.05) is 100 Å². The molecule has 3 rings (SSSR count). The monoisotopic (exact) mass is 392 g/mol. The van der Waals surface area contributed by atoms with Crippen LogP contribution in [-0.2, 0) is 4.74 Å². The normalized spacial score (nSPS) is 30.5. The van der Waals surface area contributed by atoms with Gasteiger partial charge in [0, 0.05) is 5.92 Å². The van der Waals surface area contributed by atoms with E-state index in [-0.39, 0.29) is 11.8 Å². The van der Waals surface area contributed by atoms with Crippen molar-refractivity contribution in [3.8, 4) is 0 Å². The number of benzene rings is 1. The fourth-order valence-electron chi connectivity index (χ4n) is 4.73. The number of unbranched alkanes of at least 4 members (excludes halogenated alkanes) is 2. The molecule has 28 heavy (non-hydrogen) atoms. The Morgan fingerprint density at radius 2 is 1.61 bits per heavy atom. The largest absolute Gasteiger partial charge is 0.523 e. The van der Waals surface area contributed by atoms with Crippen LogP contribution in [0.15, 0.2) is 54.6 Å². The Morgan fingerprint density at radius 3 is 2.18 bits per heavy atom. The summed E-state index contributed by atoms with van der Waals surface area (Å²) in [4.78, 5) is 0. The third-order valence-electron chi connectivity index (χ3n) is 6.31. The van der Waals surface area contributed by atoms with Crippen molar-refractivity contribution < 1.29 is 17.9 Å². The summed E-state index contributed by atoms with van der Waals surface area (Å²) in [5, 5.41) is 0. The number of halogens is 3. The minimum absolute atomic E-state index is 0.00320.